The van der Waals surface area contributed by atoms with Crippen LogP contribution in [0.3, 0.4) is 0 Å². The van der Waals surface area contributed by atoms with Gasteiger partial charge in [0.05, 0.1) is 19.3 Å². The van der Waals surface area contributed by atoms with Crippen LogP contribution in [-0.2, 0) is 9.53 Å². The lowest BCUT2D eigenvalue weighted by atomic mass is 10.1. The van der Waals surface area contributed by atoms with Gasteiger partial charge in [-0.05, 0) is 54.5 Å². The number of nitrogens with zero attached hydrogens (tertiary/aromatic N) is 1. The van der Waals surface area contributed by atoms with Gasteiger partial charge in [0, 0.05) is 5.69 Å². The largest absolute Gasteiger partial charge is 0.497 e. The number of carbonyl (C=O) groups is 2. The van der Waals surface area contributed by atoms with E-state index in [1.807, 2.05) is 6.07 Å². The summed E-state index contributed by atoms with van der Waals surface area (Å²) in [5.74, 6) is -0.233. The molecule has 0 heterocycles. The van der Waals surface area contributed by atoms with Crippen molar-refractivity contribution in [2.24, 2.45) is 0 Å². The molecule has 0 aliphatic rings. The number of esters is 1. The standard InChI is InChI=1S/C23H24N2O4/c1-3-4-5-14-29-23(27)18-8-10-20(11-9-18)25-22(26)19(16-24)15-17-6-12-21(28-2)13-7-17/h6-13,15H,3-5,14H2,1-2H3,(H,25,26)/b19-15+. The van der Waals surface area contributed by atoms with Crippen molar-refractivity contribution in [2.75, 3.05) is 19.0 Å². The first-order chi connectivity index (χ1) is 14.1. The Morgan fingerprint density at radius 1 is 1.07 bits per heavy atom. The molecule has 150 valence electrons. The van der Waals surface area contributed by atoms with Crippen LogP contribution in [0.2, 0.25) is 0 Å². The van der Waals surface area contributed by atoms with Crippen molar-refractivity contribution in [2.45, 2.75) is 26.2 Å². The summed E-state index contributed by atoms with van der Waals surface area (Å²) in [5.41, 5.74) is 1.57. The van der Waals surface area contributed by atoms with Gasteiger partial charge >= 0.3 is 5.97 Å². The third kappa shape index (κ3) is 6.82. The summed E-state index contributed by atoms with van der Waals surface area (Å²) in [7, 11) is 1.57. The molecule has 0 aliphatic heterocycles. The second-order valence-corrected chi connectivity index (χ2v) is 6.32. The van der Waals surface area contributed by atoms with Gasteiger partial charge in [0.2, 0.25) is 0 Å². The second-order valence-electron chi connectivity index (χ2n) is 6.32. The lowest BCUT2D eigenvalue weighted by Gasteiger charge is -2.07. The van der Waals surface area contributed by atoms with Crippen LogP contribution in [0.4, 0.5) is 5.69 Å². The smallest absolute Gasteiger partial charge is 0.338 e. The van der Waals surface area contributed by atoms with E-state index in [-0.39, 0.29) is 5.57 Å². The van der Waals surface area contributed by atoms with E-state index < -0.39 is 11.9 Å². The highest BCUT2D eigenvalue weighted by Gasteiger charge is 2.11. The van der Waals surface area contributed by atoms with Gasteiger partial charge in [0.1, 0.15) is 17.4 Å². The first kappa shape index (κ1) is 21.7. The average Bonchev–Trinajstić information content (AvgIpc) is 2.75. The number of nitriles is 1. The summed E-state index contributed by atoms with van der Waals surface area (Å²) in [6.45, 7) is 2.48. The molecule has 0 saturated heterocycles. The molecule has 0 unspecified atom stereocenters. The van der Waals surface area contributed by atoms with E-state index in [9.17, 15) is 14.9 Å². The van der Waals surface area contributed by atoms with Gasteiger partial charge in [0.15, 0.2) is 0 Å². The Kier molecular flexibility index (Phi) is 8.46. The molecule has 2 aromatic rings. The highest BCUT2D eigenvalue weighted by atomic mass is 16.5. The Labute approximate surface area is 170 Å². The number of nitrogens with one attached hydrogen (secondary N) is 1. The molecule has 0 fully saturated rings. The highest BCUT2D eigenvalue weighted by Crippen LogP contribution is 2.16. The van der Waals surface area contributed by atoms with Crippen LogP contribution < -0.4 is 10.1 Å². The fraction of sp³-hybridized carbons (Fsp3) is 0.261. The third-order valence-electron chi connectivity index (χ3n) is 4.15. The van der Waals surface area contributed by atoms with E-state index in [4.69, 9.17) is 9.47 Å². The SMILES string of the molecule is CCCCCOC(=O)c1ccc(NC(=O)/C(C#N)=C/c2ccc(OC)cc2)cc1. The van der Waals surface area contributed by atoms with Crippen molar-refractivity contribution in [3.8, 4) is 11.8 Å². The number of hydrogen-bond donors (Lipinski definition) is 1. The number of rotatable bonds is 9. The number of ether oxygens (including phenoxy) is 2. The van der Waals surface area contributed by atoms with Crippen molar-refractivity contribution in [3.63, 3.8) is 0 Å². The lowest BCUT2D eigenvalue weighted by Crippen LogP contribution is -2.13. The summed E-state index contributed by atoms with van der Waals surface area (Å²) < 4.78 is 10.3. The minimum absolute atomic E-state index is 0.0328. The molecule has 1 amide bonds. The number of carbonyl (C=O) groups excluding carboxylic acids is 2. The van der Waals surface area contributed by atoms with Gasteiger partial charge < -0.3 is 14.8 Å². The molecule has 0 radical (unpaired) electrons. The van der Waals surface area contributed by atoms with Crippen molar-refractivity contribution in [3.05, 3.63) is 65.2 Å². The predicted molar refractivity (Wildman–Crippen MR) is 111 cm³/mol. The van der Waals surface area contributed by atoms with Crippen LogP contribution in [0.1, 0.15) is 42.1 Å². The summed E-state index contributed by atoms with van der Waals surface area (Å²) in [6, 6.07) is 15.3. The zero-order valence-electron chi connectivity index (χ0n) is 16.6. The maximum atomic E-state index is 12.4. The molecule has 0 saturated carbocycles. The van der Waals surface area contributed by atoms with Crippen LogP contribution >= 0.6 is 0 Å². The van der Waals surface area contributed by atoms with Gasteiger partial charge in [-0.1, -0.05) is 31.9 Å². The van der Waals surface area contributed by atoms with Crippen LogP contribution in [0.25, 0.3) is 6.08 Å². The van der Waals surface area contributed by atoms with Crippen LogP contribution in [-0.4, -0.2) is 25.6 Å². The summed E-state index contributed by atoms with van der Waals surface area (Å²) in [6.07, 6.45) is 4.41. The van der Waals surface area contributed by atoms with Crippen molar-refractivity contribution in [1.82, 2.24) is 0 Å². The number of unbranched alkanes of at least 4 members (excludes halogenated alkanes) is 2. The minimum atomic E-state index is -0.529. The van der Waals surface area contributed by atoms with Crippen molar-refractivity contribution < 1.29 is 19.1 Å². The number of methoxy groups -OCH3 is 1. The highest BCUT2D eigenvalue weighted by molar-refractivity contribution is 6.09. The monoisotopic (exact) mass is 392 g/mol. The predicted octanol–water partition coefficient (Wildman–Crippen LogP) is 4.59. The van der Waals surface area contributed by atoms with E-state index in [0.717, 1.165) is 19.3 Å². The van der Waals surface area contributed by atoms with Gasteiger partial charge in [-0.2, -0.15) is 5.26 Å². The second kappa shape index (κ2) is 11.3. The van der Waals surface area contributed by atoms with Gasteiger partial charge in [-0.25, -0.2) is 4.79 Å². The summed E-state index contributed by atoms with van der Waals surface area (Å²) in [4.78, 5) is 24.3. The number of anilines is 1. The molecular formula is C23H24N2O4. The van der Waals surface area contributed by atoms with Crippen molar-refractivity contribution in [1.29, 1.82) is 5.26 Å². The molecule has 1 N–H and O–H groups in total. The van der Waals surface area contributed by atoms with Crippen molar-refractivity contribution >= 4 is 23.6 Å². The topological polar surface area (TPSA) is 88.4 Å². The molecule has 0 spiro atoms. The third-order valence-corrected chi connectivity index (χ3v) is 4.15. The molecule has 2 aromatic carbocycles. The summed E-state index contributed by atoms with van der Waals surface area (Å²) in [5, 5.41) is 12.0. The van der Waals surface area contributed by atoms with Crippen LogP contribution in [0, 0.1) is 11.3 Å². The Hall–Kier alpha value is -3.59. The fourth-order valence-corrected chi connectivity index (χ4v) is 2.50. The normalized spacial score (nSPS) is 10.7. The molecule has 6 nitrogen and oxygen atoms in total. The molecule has 2 rings (SSSR count). The Balaban J connectivity index is 1.98. The Morgan fingerprint density at radius 3 is 2.34 bits per heavy atom. The molecule has 0 aliphatic carbocycles. The molecule has 0 atom stereocenters. The molecular weight excluding hydrogens is 368 g/mol. The first-order valence-electron chi connectivity index (χ1n) is 9.41. The van der Waals surface area contributed by atoms with E-state index in [0.29, 0.717) is 29.2 Å². The summed E-state index contributed by atoms with van der Waals surface area (Å²) >= 11 is 0. The zero-order chi connectivity index (χ0) is 21.1. The molecule has 0 aromatic heterocycles. The number of hydrogen-bond acceptors (Lipinski definition) is 5. The minimum Gasteiger partial charge on any atom is -0.497 e. The Bertz CT molecular complexity index is 894. The molecule has 6 heteroatoms. The van der Waals surface area contributed by atoms with E-state index in [1.54, 1.807) is 55.6 Å². The maximum Gasteiger partial charge on any atom is 0.338 e. The molecule has 0 bridgehead atoms. The lowest BCUT2D eigenvalue weighted by molar-refractivity contribution is -0.112. The quantitative estimate of drug-likeness (QED) is 0.292. The fourth-order valence-electron chi connectivity index (χ4n) is 2.50. The van der Waals surface area contributed by atoms with Gasteiger partial charge in [0.25, 0.3) is 5.91 Å². The number of benzene rings is 2. The first-order valence-corrected chi connectivity index (χ1v) is 9.41. The van der Waals surface area contributed by atoms with E-state index in [2.05, 4.69) is 12.2 Å². The van der Waals surface area contributed by atoms with Gasteiger partial charge in [-0.15, -0.1) is 0 Å². The molecule has 29 heavy (non-hydrogen) atoms. The zero-order valence-corrected chi connectivity index (χ0v) is 16.6. The van der Waals surface area contributed by atoms with E-state index in [1.165, 1.54) is 6.08 Å². The Morgan fingerprint density at radius 2 is 1.76 bits per heavy atom. The van der Waals surface area contributed by atoms with Crippen LogP contribution in [0.15, 0.2) is 54.1 Å². The van der Waals surface area contributed by atoms with Gasteiger partial charge in [-0.3, -0.25) is 4.79 Å². The number of amides is 1. The maximum absolute atomic E-state index is 12.4. The van der Waals surface area contributed by atoms with E-state index >= 15 is 0 Å². The van der Waals surface area contributed by atoms with Crippen LogP contribution in [0.5, 0.6) is 5.75 Å². The average molecular weight is 392 g/mol.